The van der Waals surface area contributed by atoms with E-state index in [0.717, 1.165) is 38.9 Å². The fourth-order valence-corrected chi connectivity index (χ4v) is 1.22. The Labute approximate surface area is 111 Å². The number of hydrogen-bond acceptors (Lipinski definition) is 4. The molecule has 0 rings (SSSR count). The third-order valence-electron chi connectivity index (χ3n) is 2.07. The van der Waals surface area contributed by atoms with Crippen LogP contribution in [0.3, 0.4) is 0 Å². The van der Waals surface area contributed by atoms with E-state index in [2.05, 4.69) is 13.8 Å². The summed E-state index contributed by atoms with van der Waals surface area (Å²) in [6.45, 7) is 7.65. The van der Waals surface area contributed by atoms with Crippen molar-refractivity contribution >= 4 is 7.32 Å². The second-order valence-corrected chi connectivity index (χ2v) is 3.96. The summed E-state index contributed by atoms with van der Waals surface area (Å²) >= 11 is 0. The molecule has 0 aliphatic rings. The lowest BCUT2D eigenvalue weighted by Crippen LogP contribution is -2.23. The predicted octanol–water partition coefficient (Wildman–Crippen LogP) is 2.07. The summed E-state index contributed by atoms with van der Waals surface area (Å²) in [5.74, 6) is 0. The van der Waals surface area contributed by atoms with E-state index in [1.54, 1.807) is 0 Å². The number of hydrogen-bond donors (Lipinski definition) is 0. The summed E-state index contributed by atoms with van der Waals surface area (Å²) in [4.78, 5) is 0. The zero-order chi connectivity index (χ0) is 13.5. The van der Waals surface area contributed by atoms with Gasteiger partial charge in [0.05, 0.1) is 0 Å². The molecular weight excluding hydrogens is 235 g/mol. The molecule has 1 radical (unpaired) electrons. The first-order chi connectivity index (χ1) is 8.81. The standard InChI is InChI=1S/C12H26BO5/c1-3-7-15-9-5-11-17-13(14)18-12-6-10-16-8-4-2/h3-12H2,1-2H3. The van der Waals surface area contributed by atoms with Crippen LogP contribution in [0.5, 0.6) is 0 Å². The molecule has 0 aromatic rings. The molecule has 0 aliphatic carbocycles. The fourth-order valence-electron chi connectivity index (χ4n) is 1.22. The highest BCUT2D eigenvalue weighted by molar-refractivity contribution is 6.34. The van der Waals surface area contributed by atoms with Crippen LogP contribution in [0.15, 0.2) is 0 Å². The Balaban J connectivity index is 3.10. The Morgan fingerprint density at radius 3 is 1.56 bits per heavy atom. The lowest BCUT2D eigenvalue weighted by molar-refractivity contribution is 0.0721. The molecule has 0 saturated carbocycles. The first kappa shape index (κ1) is 17.9. The van der Waals surface area contributed by atoms with E-state index in [-0.39, 0.29) is 0 Å². The molecule has 6 heteroatoms. The molecule has 0 bridgehead atoms. The molecule has 0 aromatic carbocycles. The van der Waals surface area contributed by atoms with E-state index >= 15 is 0 Å². The molecule has 18 heavy (non-hydrogen) atoms. The van der Waals surface area contributed by atoms with Crippen LogP contribution in [0.1, 0.15) is 39.5 Å². The highest BCUT2D eigenvalue weighted by atomic mass is 16.7. The molecule has 0 N–H and O–H groups in total. The molecule has 107 valence electrons. The lowest BCUT2D eigenvalue weighted by atomic mass is 10.2. The van der Waals surface area contributed by atoms with Gasteiger partial charge in [-0.05, 0) is 25.7 Å². The maximum Gasteiger partial charge on any atom is 0.666 e. The van der Waals surface area contributed by atoms with E-state index in [0.29, 0.717) is 26.4 Å². The molecule has 0 unspecified atom stereocenters. The van der Waals surface area contributed by atoms with Crippen molar-refractivity contribution in [2.24, 2.45) is 0 Å². The molecule has 0 amide bonds. The van der Waals surface area contributed by atoms with Crippen molar-refractivity contribution in [3.05, 3.63) is 0 Å². The summed E-state index contributed by atoms with van der Waals surface area (Å²) in [6, 6.07) is 0. The zero-order valence-electron chi connectivity index (χ0n) is 11.7. The van der Waals surface area contributed by atoms with Gasteiger partial charge in [0.15, 0.2) is 0 Å². The van der Waals surface area contributed by atoms with Crippen LogP contribution < -0.4 is 0 Å². The second kappa shape index (κ2) is 14.9. The maximum atomic E-state index is 11.2. The van der Waals surface area contributed by atoms with Crippen molar-refractivity contribution in [2.75, 3.05) is 39.6 Å². The monoisotopic (exact) mass is 261 g/mol. The van der Waals surface area contributed by atoms with E-state index in [9.17, 15) is 5.02 Å². The third-order valence-corrected chi connectivity index (χ3v) is 2.07. The Hall–Kier alpha value is -0.135. The highest BCUT2D eigenvalue weighted by Crippen LogP contribution is 1.93. The van der Waals surface area contributed by atoms with Gasteiger partial charge >= 0.3 is 7.32 Å². The molecule has 0 heterocycles. The van der Waals surface area contributed by atoms with Crippen molar-refractivity contribution in [2.45, 2.75) is 39.5 Å². The predicted molar refractivity (Wildman–Crippen MR) is 69.8 cm³/mol. The normalized spacial score (nSPS) is 10.8. The highest BCUT2D eigenvalue weighted by Gasteiger charge is 2.16. The summed E-state index contributed by atoms with van der Waals surface area (Å²) in [6.07, 6.45) is 3.46. The van der Waals surface area contributed by atoms with Gasteiger partial charge in [-0.2, -0.15) is 0 Å². The van der Waals surface area contributed by atoms with E-state index in [1.165, 1.54) is 0 Å². The van der Waals surface area contributed by atoms with Gasteiger partial charge in [0.1, 0.15) is 0 Å². The minimum atomic E-state index is -1.39. The quantitative estimate of drug-likeness (QED) is 0.355. The minimum Gasteiger partial charge on any atom is -0.384 e. The Morgan fingerprint density at radius 2 is 1.17 bits per heavy atom. The molecule has 0 aliphatic heterocycles. The maximum absolute atomic E-state index is 11.2. The summed E-state index contributed by atoms with van der Waals surface area (Å²) in [5, 5.41) is 11.2. The van der Waals surface area contributed by atoms with Gasteiger partial charge in [0.25, 0.3) is 0 Å². The molecule has 5 nitrogen and oxygen atoms in total. The summed E-state index contributed by atoms with van der Waals surface area (Å²) in [5.41, 5.74) is 0. The van der Waals surface area contributed by atoms with Crippen LogP contribution >= 0.6 is 0 Å². The second-order valence-electron chi connectivity index (χ2n) is 3.96. The minimum absolute atomic E-state index is 0.379. The smallest absolute Gasteiger partial charge is 0.384 e. The Morgan fingerprint density at radius 1 is 0.722 bits per heavy atom. The van der Waals surface area contributed by atoms with Gasteiger partial charge in [-0.1, -0.05) is 13.8 Å². The van der Waals surface area contributed by atoms with Gasteiger partial charge in [-0.3, -0.25) is 0 Å². The average molecular weight is 261 g/mol. The number of rotatable bonds is 14. The van der Waals surface area contributed by atoms with E-state index in [4.69, 9.17) is 18.8 Å². The first-order valence-corrected chi connectivity index (χ1v) is 6.85. The summed E-state index contributed by atoms with van der Waals surface area (Å²) in [7, 11) is -1.39. The van der Waals surface area contributed by atoms with Crippen molar-refractivity contribution in [3.8, 4) is 0 Å². The molecule has 0 atom stereocenters. The number of ether oxygens (including phenoxy) is 2. The average Bonchev–Trinajstić information content (AvgIpc) is 2.38. The van der Waals surface area contributed by atoms with Crippen LogP contribution in [0.25, 0.3) is 0 Å². The van der Waals surface area contributed by atoms with Crippen LogP contribution in [-0.2, 0) is 23.8 Å². The largest absolute Gasteiger partial charge is 0.666 e. The van der Waals surface area contributed by atoms with E-state index < -0.39 is 7.32 Å². The fraction of sp³-hybridized carbons (Fsp3) is 1.00. The zero-order valence-corrected chi connectivity index (χ0v) is 11.7. The lowest BCUT2D eigenvalue weighted by Gasteiger charge is -2.08. The first-order valence-electron chi connectivity index (χ1n) is 6.85. The molecule has 0 fully saturated rings. The van der Waals surface area contributed by atoms with Crippen molar-refractivity contribution in [3.63, 3.8) is 0 Å². The van der Waals surface area contributed by atoms with Crippen molar-refractivity contribution in [1.29, 1.82) is 0 Å². The molecular formula is C12H26BO5. The van der Waals surface area contributed by atoms with E-state index in [1.807, 2.05) is 0 Å². The summed E-state index contributed by atoms with van der Waals surface area (Å²) < 4.78 is 20.4. The van der Waals surface area contributed by atoms with Gasteiger partial charge in [-0.15, -0.1) is 0 Å². The van der Waals surface area contributed by atoms with Gasteiger partial charge in [-0.25, -0.2) is 5.02 Å². The Kier molecular flexibility index (Phi) is 14.8. The van der Waals surface area contributed by atoms with Crippen LogP contribution in [0.2, 0.25) is 0 Å². The van der Waals surface area contributed by atoms with Gasteiger partial charge in [0, 0.05) is 39.6 Å². The SMILES string of the molecule is CCCOCCCOB([O])OCCCOCCC. The molecule has 0 spiro atoms. The van der Waals surface area contributed by atoms with Crippen LogP contribution in [0.4, 0.5) is 0 Å². The molecule has 0 aromatic heterocycles. The van der Waals surface area contributed by atoms with Crippen molar-refractivity contribution < 1.29 is 23.8 Å². The van der Waals surface area contributed by atoms with Crippen LogP contribution in [0, 0.1) is 0 Å². The van der Waals surface area contributed by atoms with Gasteiger partial charge in [0.2, 0.25) is 0 Å². The van der Waals surface area contributed by atoms with Crippen molar-refractivity contribution in [1.82, 2.24) is 0 Å². The topological polar surface area (TPSA) is 56.8 Å². The van der Waals surface area contributed by atoms with Crippen LogP contribution in [-0.4, -0.2) is 47.0 Å². The third kappa shape index (κ3) is 13.9. The molecule has 0 saturated heterocycles. The van der Waals surface area contributed by atoms with Gasteiger partial charge < -0.3 is 18.8 Å². The Bertz CT molecular complexity index is 143.